The second-order valence-electron chi connectivity index (χ2n) is 4.90. The fourth-order valence-electron chi connectivity index (χ4n) is 2.56. The second kappa shape index (κ2) is 5.46. The summed E-state index contributed by atoms with van der Waals surface area (Å²) in [5.41, 5.74) is 1.45. The van der Waals surface area contributed by atoms with E-state index in [2.05, 4.69) is 44.2 Å². The van der Waals surface area contributed by atoms with E-state index in [-0.39, 0.29) is 0 Å². The Hall–Kier alpha value is -0.860. The summed E-state index contributed by atoms with van der Waals surface area (Å²) in [6.45, 7) is 7.88. The SMILES string of the molecule is C[C@H]1C[NH+](CCc2ccccc2)C[C@H](C)O1. The molecular formula is C14H22NO+. The molecular weight excluding hydrogens is 198 g/mol. The highest BCUT2D eigenvalue weighted by atomic mass is 16.5. The minimum absolute atomic E-state index is 0.412. The predicted octanol–water partition coefficient (Wildman–Crippen LogP) is 0.921. The zero-order chi connectivity index (χ0) is 11.4. The first kappa shape index (κ1) is 11.6. The molecule has 1 N–H and O–H groups in total. The highest BCUT2D eigenvalue weighted by Gasteiger charge is 2.24. The molecule has 1 fully saturated rings. The van der Waals surface area contributed by atoms with E-state index >= 15 is 0 Å². The Balaban J connectivity index is 1.81. The molecule has 0 spiro atoms. The van der Waals surface area contributed by atoms with Crippen molar-refractivity contribution < 1.29 is 9.64 Å². The molecule has 2 heteroatoms. The zero-order valence-electron chi connectivity index (χ0n) is 10.3. The van der Waals surface area contributed by atoms with E-state index in [9.17, 15) is 0 Å². The first-order chi connectivity index (χ1) is 7.74. The first-order valence-electron chi connectivity index (χ1n) is 6.27. The Morgan fingerprint density at radius 2 is 1.75 bits per heavy atom. The van der Waals surface area contributed by atoms with Gasteiger partial charge in [-0.1, -0.05) is 30.3 Å². The Kier molecular flexibility index (Phi) is 3.97. The van der Waals surface area contributed by atoms with Crippen molar-refractivity contribution in [2.45, 2.75) is 32.5 Å². The van der Waals surface area contributed by atoms with E-state index in [1.807, 2.05) is 0 Å². The highest BCUT2D eigenvalue weighted by molar-refractivity contribution is 5.14. The smallest absolute Gasteiger partial charge is 0.104 e. The van der Waals surface area contributed by atoms with Gasteiger partial charge in [-0.2, -0.15) is 0 Å². The molecule has 0 aromatic heterocycles. The van der Waals surface area contributed by atoms with Gasteiger partial charge in [-0.15, -0.1) is 0 Å². The van der Waals surface area contributed by atoms with Crippen molar-refractivity contribution in [2.75, 3.05) is 19.6 Å². The fraction of sp³-hybridized carbons (Fsp3) is 0.571. The van der Waals surface area contributed by atoms with Gasteiger partial charge in [-0.3, -0.25) is 0 Å². The van der Waals surface area contributed by atoms with E-state index in [0.29, 0.717) is 12.2 Å². The van der Waals surface area contributed by atoms with E-state index < -0.39 is 0 Å². The molecule has 2 atom stereocenters. The molecule has 0 bridgehead atoms. The van der Waals surface area contributed by atoms with Gasteiger partial charge in [-0.05, 0) is 19.4 Å². The van der Waals surface area contributed by atoms with Gasteiger partial charge in [0.1, 0.15) is 25.3 Å². The van der Waals surface area contributed by atoms with Crippen LogP contribution in [0.15, 0.2) is 30.3 Å². The van der Waals surface area contributed by atoms with Gasteiger partial charge in [0.25, 0.3) is 0 Å². The Morgan fingerprint density at radius 1 is 1.12 bits per heavy atom. The number of benzene rings is 1. The summed E-state index contributed by atoms with van der Waals surface area (Å²) in [6, 6.07) is 10.7. The highest BCUT2D eigenvalue weighted by Crippen LogP contribution is 2.00. The van der Waals surface area contributed by atoms with Crippen molar-refractivity contribution in [3.63, 3.8) is 0 Å². The third-order valence-electron chi connectivity index (χ3n) is 3.23. The zero-order valence-corrected chi connectivity index (χ0v) is 10.3. The number of hydrogen-bond donors (Lipinski definition) is 1. The summed E-state index contributed by atoms with van der Waals surface area (Å²) in [6.07, 6.45) is 2.00. The molecule has 0 unspecified atom stereocenters. The van der Waals surface area contributed by atoms with Crippen LogP contribution < -0.4 is 4.90 Å². The molecule has 2 nitrogen and oxygen atoms in total. The number of ether oxygens (including phenoxy) is 1. The number of rotatable bonds is 3. The Labute approximate surface area is 98.2 Å². The van der Waals surface area contributed by atoms with Crippen molar-refractivity contribution in [1.82, 2.24) is 0 Å². The first-order valence-corrected chi connectivity index (χ1v) is 6.27. The average Bonchev–Trinajstić information content (AvgIpc) is 2.27. The quantitative estimate of drug-likeness (QED) is 0.800. The maximum Gasteiger partial charge on any atom is 0.104 e. The molecule has 2 rings (SSSR count). The summed E-state index contributed by atoms with van der Waals surface area (Å²) >= 11 is 0. The maximum atomic E-state index is 5.75. The Morgan fingerprint density at radius 3 is 2.38 bits per heavy atom. The van der Waals surface area contributed by atoms with Crippen LogP contribution in [-0.4, -0.2) is 31.8 Å². The van der Waals surface area contributed by atoms with Crippen molar-refractivity contribution >= 4 is 0 Å². The second-order valence-corrected chi connectivity index (χ2v) is 4.90. The van der Waals surface area contributed by atoms with Crippen LogP contribution in [0.25, 0.3) is 0 Å². The van der Waals surface area contributed by atoms with Crippen LogP contribution in [0.3, 0.4) is 0 Å². The van der Waals surface area contributed by atoms with Crippen LogP contribution in [0.2, 0.25) is 0 Å². The monoisotopic (exact) mass is 220 g/mol. The molecule has 16 heavy (non-hydrogen) atoms. The van der Waals surface area contributed by atoms with Gasteiger partial charge >= 0.3 is 0 Å². The Bertz CT molecular complexity index is 302. The molecule has 88 valence electrons. The van der Waals surface area contributed by atoms with Crippen LogP contribution in [0.5, 0.6) is 0 Å². The lowest BCUT2D eigenvalue weighted by Gasteiger charge is -2.32. The average molecular weight is 220 g/mol. The third kappa shape index (κ3) is 3.32. The number of hydrogen-bond acceptors (Lipinski definition) is 1. The summed E-state index contributed by atoms with van der Waals surface area (Å²) in [4.78, 5) is 1.68. The lowest BCUT2D eigenvalue weighted by atomic mass is 10.1. The number of quaternary nitrogens is 1. The molecule has 1 saturated heterocycles. The minimum Gasteiger partial charge on any atom is -0.364 e. The van der Waals surface area contributed by atoms with Gasteiger partial charge in [0, 0.05) is 6.42 Å². The summed E-state index contributed by atoms with van der Waals surface area (Å²) < 4.78 is 5.75. The van der Waals surface area contributed by atoms with E-state index in [1.165, 1.54) is 18.5 Å². The molecule has 0 radical (unpaired) electrons. The van der Waals surface area contributed by atoms with Gasteiger partial charge in [0.2, 0.25) is 0 Å². The molecule has 1 aliphatic heterocycles. The lowest BCUT2D eigenvalue weighted by molar-refractivity contribution is -0.914. The molecule has 0 saturated carbocycles. The van der Waals surface area contributed by atoms with Gasteiger partial charge in [0.15, 0.2) is 0 Å². The van der Waals surface area contributed by atoms with E-state index in [1.54, 1.807) is 4.90 Å². The van der Waals surface area contributed by atoms with Crippen LogP contribution in [-0.2, 0) is 11.2 Å². The topological polar surface area (TPSA) is 13.7 Å². The molecule has 1 aliphatic rings. The van der Waals surface area contributed by atoms with E-state index in [4.69, 9.17) is 4.74 Å². The molecule has 1 aromatic carbocycles. The molecule has 0 amide bonds. The fourth-order valence-corrected chi connectivity index (χ4v) is 2.56. The molecule has 0 aliphatic carbocycles. The van der Waals surface area contributed by atoms with Crippen LogP contribution in [0.4, 0.5) is 0 Å². The summed E-state index contributed by atoms with van der Waals surface area (Å²) in [7, 11) is 0. The standard InChI is InChI=1S/C14H21NO/c1-12-10-15(11-13(2)16-12)9-8-14-6-4-3-5-7-14/h3-7,12-13H,8-11H2,1-2H3/p+1/t12-,13-/m0/s1. The van der Waals surface area contributed by atoms with Crippen LogP contribution in [0.1, 0.15) is 19.4 Å². The third-order valence-corrected chi connectivity index (χ3v) is 3.23. The summed E-state index contributed by atoms with van der Waals surface area (Å²) in [5.74, 6) is 0. The van der Waals surface area contributed by atoms with Crippen LogP contribution in [0, 0.1) is 0 Å². The largest absolute Gasteiger partial charge is 0.364 e. The van der Waals surface area contributed by atoms with E-state index in [0.717, 1.165) is 13.1 Å². The van der Waals surface area contributed by atoms with Crippen molar-refractivity contribution in [3.05, 3.63) is 35.9 Å². The van der Waals surface area contributed by atoms with Gasteiger partial charge in [-0.25, -0.2) is 0 Å². The maximum absolute atomic E-state index is 5.75. The number of nitrogens with one attached hydrogen (secondary N) is 1. The van der Waals surface area contributed by atoms with Crippen molar-refractivity contribution in [3.8, 4) is 0 Å². The van der Waals surface area contributed by atoms with Gasteiger partial charge in [0.05, 0.1) is 6.54 Å². The van der Waals surface area contributed by atoms with Crippen molar-refractivity contribution in [2.24, 2.45) is 0 Å². The molecule has 1 aromatic rings. The van der Waals surface area contributed by atoms with Crippen LogP contribution >= 0.6 is 0 Å². The molecule has 1 heterocycles. The normalized spacial score (nSPS) is 30.2. The predicted molar refractivity (Wildman–Crippen MR) is 65.7 cm³/mol. The number of morpholine rings is 1. The summed E-state index contributed by atoms with van der Waals surface area (Å²) in [5, 5.41) is 0. The lowest BCUT2D eigenvalue weighted by Crippen LogP contribution is -3.15. The van der Waals surface area contributed by atoms with Gasteiger partial charge < -0.3 is 9.64 Å². The minimum atomic E-state index is 0.412. The van der Waals surface area contributed by atoms with Crippen molar-refractivity contribution in [1.29, 1.82) is 0 Å².